The lowest BCUT2D eigenvalue weighted by atomic mass is 10.3. The van der Waals surface area contributed by atoms with Crippen LogP contribution in [-0.2, 0) is 6.54 Å². The normalized spacial score (nSPS) is 9.45. The van der Waals surface area contributed by atoms with Crippen LogP contribution in [0.4, 0.5) is 4.39 Å². The first-order valence-electron chi connectivity index (χ1n) is 5.57. The summed E-state index contributed by atoms with van der Waals surface area (Å²) in [5, 5.41) is 0. The van der Waals surface area contributed by atoms with Gasteiger partial charge in [-0.2, -0.15) is 0 Å². The van der Waals surface area contributed by atoms with Crippen LogP contribution in [0.3, 0.4) is 0 Å². The average molecular weight is 388 g/mol. The first kappa shape index (κ1) is 16.2. The maximum atomic E-state index is 13.0. The predicted molar refractivity (Wildman–Crippen MR) is 85.6 cm³/mol. The van der Waals surface area contributed by atoms with Crippen molar-refractivity contribution >= 4 is 29.9 Å². The summed E-state index contributed by atoms with van der Waals surface area (Å²) in [5.41, 5.74) is 11.3. The Morgan fingerprint density at radius 3 is 2.65 bits per heavy atom. The Morgan fingerprint density at radius 2 is 2.05 bits per heavy atom. The minimum atomic E-state index is -0.359. The van der Waals surface area contributed by atoms with Gasteiger partial charge in [-0.3, -0.25) is 0 Å². The SMILES string of the molecule is I.NC(N)=NCc1ccc(Oc2cccc(F)c2)nc1. The molecule has 5 nitrogen and oxygen atoms in total. The molecule has 2 rings (SSSR count). The molecule has 0 fully saturated rings. The third kappa shape index (κ3) is 5.00. The summed E-state index contributed by atoms with van der Waals surface area (Å²) in [6.45, 7) is 0.357. The summed E-state index contributed by atoms with van der Waals surface area (Å²) in [5.74, 6) is 0.436. The van der Waals surface area contributed by atoms with E-state index in [1.807, 2.05) is 0 Å². The number of halogens is 2. The third-order valence-corrected chi connectivity index (χ3v) is 2.26. The average Bonchev–Trinajstić information content (AvgIpc) is 2.38. The first-order chi connectivity index (χ1) is 9.13. The van der Waals surface area contributed by atoms with Crippen LogP contribution in [0.5, 0.6) is 11.6 Å². The number of nitrogens with zero attached hydrogens (tertiary/aromatic N) is 2. The maximum Gasteiger partial charge on any atom is 0.219 e. The smallest absolute Gasteiger partial charge is 0.219 e. The zero-order chi connectivity index (χ0) is 13.7. The molecular weight excluding hydrogens is 374 g/mol. The Kier molecular flexibility index (Phi) is 6.16. The molecule has 0 amide bonds. The van der Waals surface area contributed by atoms with Gasteiger partial charge in [-0.25, -0.2) is 14.4 Å². The highest BCUT2D eigenvalue weighted by Crippen LogP contribution is 2.20. The largest absolute Gasteiger partial charge is 0.439 e. The van der Waals surface area contributed by atoms with E-state index in [-0.39, 0.29) is 35.8 Å². The monoisotopic (exact) mass is 388 g/mol. The summed E-state index contributed by atoms with van der Waals surface area (Å²) < 4.78 is 18.4. The molecule has 0 aliphatic heterocycles. The van der Waals surface area contributed by atoms with Crippen molar-refractivity contribution in [2.75, 3.05) is 0 Å². The van der Waals surface area contributed by atoms with E-state index in [2.05, 4.69) is 9.98 Å². The van der Waals surface area contributed by atoms with E-state index in [0.29, 0.717) is 18.2 Å². The minimum absolute atomic E-state index is 0. The van der Waals surface area contributed by atoms with Crippen LogP contribution in [0.1, 0.15) is 5.56 Å². The molecule has 0 aliphatic rings. The second-order valence-electron chi connectivity index (χ2n) is 3.81. The first-order valence-corrected chi connectivity index (χ1v) is 5.57. The standard InChI is InChI=1S/C13H13FN4O.HI/c14-10-2-1-3-11(6-10)19-12-5-4-9(7-17-12)8-18-13(15)16;/h1-7H,8H2,(H4,15,16,18);1H. The molecule has 0 bridgehead atoms. The van der Waals surface area contributed by atoms with Crippen LogP contribution in [0.15, 0.2) is 47.6 Å². The molecule has 1 aromatic heterocycles. The molecule has 0 radical (unpaired) electrons. The van der Waals surface area contributed by atoms with Crippen LogP contribution >= 0.6 is 24.0 Å². The Labute approximate surface area is 132 Å². The molecular formula is C13H14FIN4O. The number of hydrogen-bond acceptors (Lipinski definition) is 3. The number of aromatic nitrogens is 1. The van der Waals surface area contributed by atoms with E-state index >= 15 is 0 Å². The molecule has 1 heterocycles. The fourth-order valence-electron chi connectivity index (χ4n) is 1.40. The fourth-order valence-corrected chi connectivity index (χ4v) is 1.40. The van der Waals surface area contributed by atoms with Gasteiger partial charge in [0.15, 0.2) is 5.96 Å². The number of guanidine groups is 1. The van der Waals surface area contributed by atoms with Gasteiger partial charge in [0.1, 0.15) is 11.6 Å². The minimum Gasteiger partial charge on any atom is -0.439 e. The van der Waals surface area contributed by atoms with Gasteiger partial charge in [0.2, 0.25) is 5.88 Å². The molecule has 0 aliphatic carbocycles. The van der Waals surface area contributed by atoms with Crippen molar-refractivity contribution in [3.05, 3.63) is 54.0 Å². The molecule has 1 aromatic carbocycles. The number of benzene rings is 1. The number of nitrogens with two attached hydrogens (primary N) is 2. The lowest BCUT2D eigenvalue weighted by molar-refractivity contribution is 0.457. The number of hydrogen-bond donors (Lipinski definition) is 2. The van der Waals surface area contributed by atoms with Gasteiger partial charge in [-0.05, 0) is 17.7 Å². The molecule has 0 spiro atoms. The highest BCUT2D eigenvalue weighted by molar-refractivity contribution is 14.0. The Balaban J connectivity index is 0.00000200. The molecule has 20 heavy (non-hydrogen) atoms. The van der Waals surface area contributed by atoms with Crippen molar-refractivity contribution in [1.29, 1.82) is 0 Å². The van der Waals surface area contributed by atoms with Gasteiger partial charge in [0, 0.05) is 18.3 Å². The van der Waals surface area contributed by atoms with Crippen LogP contribution in [0, 0.1) is 5.82 Å². The maximum absolute atomic E-state index is 13.0. The Morgan fingerprint density at radius 1 is 1.25 bits per heavy atom. The summed E-state index contributed by atoms with van der Waals surface area (Å²) in [7, 11) is 0. The van der Waals surface area contributed by atoms with Crippen LogP contribution in [0.25, 0.3) is 0 Å². The lowest BCUT2D eigenvalue weighted by Crippen LogP contribution is -2.22. The van der Waals surface area contributed by atoms with Gasteiger partial charge >= 0.3 is 0 Å². The Bertz CT molecular complexity index is 585. The van der Waals surface area contributed by atoms with E-state index in [9.17, 15) is 4.39 Å². The van der Waals surface area contributed by atoms with Crippen LogP contribution in [0.2, 0.25) is 0 Å². The van der Waals surface area contributed by atoms with E-state index in [1.165, 1.54) is 12.1 Å². The molecule has 7 heteroatoms. The van der Waals surface area contributed by atoms with Crippen LogP contribution in [-0.4, -0.2) is 10.9 Å². The van der Waals surface area contributed by atoms with E-state index in [1.54, 1.807) is 30.5 Å². The van der Waals surface area contributed by atoms with Crippen LogP contribution < -0.4 is 16.2 Å². The quantitative estimate of drug-likeness (QED) is 0.479. The summed E-state index contributed by atoms with van der Waals surface area (Å²) in [6, 6.07) is 9.31. The third-order valence-electron chi connectivity index (χ3n) is 2.26. The van der Waals surface area contributed by atoms with Gasteiger partial charge in [-0.1, -0.05) is 12.1 Å². The zero-order valence-corrected chi connectivity index (χ0v) is 12.8. The second kappa shape index (κ2) is 7.63. The van der Waals surface area contributed by atoms with Crippen molar-refractivity contribution in [2.45, 2.75) is 6.54 Å². The molecule has 2 aromatic rings. The van der Waals surface area contributed by atoms with E-state index in [4.69, 9.17) is 16.2 Å². The number of rotatable bonds is 4. The van der Waals surface area contributed by atoms with E-state index in [0.717, 1.165) is 5.56 Å². The highest BCUT2D eigenvalue weighted by Gasteiger charge is 2.00. The van der Waals surface area contributed by atoms with Gasteiger partial charge in [0.25, 0.3) is 0 Å². The highest BCUT2D eigenvalue weighted by atomic mass is 127. The van der Waals surface area contributed by atoms with Crippen molar-refractivity contribution < 1.29 is 9.13 Å². The van der Waals surface area contributed by atoms with Crippen molar-refractivity contribution in [2.24, 2.45) is 16.5 Å². The zero-order valence-electron chi connectivity index (χ0n) is 10.5. The van der Waals surface area contributed by atoms with Crippen molar-refractivity contribution in [3.8, 4) is 11.6 Å². The van der Waals surface area contributed by atoms with E-state index < -0.39 is 0 Å². The fraction of sp³-hybridized carbons (Fsp3) is 0.0769. The summed E-state index contributed by atoms with van der Waals surface area (Å²) in [4.78, 5) is 7.95. The topological polar surface area (TPSA) is 86.5 Å². The molecule has 4 N–H and O–H groups in total. The Hall–Kier alpha value is -1.90. The van der Waals surface area contributed by atoms with Gasteiger partial charge in [-0.15, -0.1) is 24.0 Å². The molecule has 0 unspecified atom stereocenters. The molecule has 0 saturated heterocycles. The predicted octanol–water partition coefficient (Wildman–Crippen LogP) is 2.40. The lowest BCUT2D eigenvalue weighted by Gasteiger charge is -2.05. The second-order valence-corrected chi connectivity index (χ2v) is 3.81. The van der Waals surface area contributed by atoms with Gasteiger partial charge in [0.05, 0.1) is 6.54 Å². The van der Waals surface area contributed by atoms with Crippen molar-refractivity contribution in [3.63, 3.8) is 0 Å². The molecule has 0 saturated carbocycles. The number of aliphatic imine (C=N–C) groups is 1. The molecule has 0 atom stereocenters. The molecule has 106 valence electrons. The number of pyridine rings is 1. The van der Waals surface area contributed by atoms with Gasteiger partial charge < -0.3 is 16.2 Å². The number of ether oxygens (including phenoxy) is 1. The summed E-state index contributed by atoms with van der Waals surface area (Å²) >= 11 is 0. The van der Waals surface area contributed by atoms with Crippen molar-refractivity contribution in [1.82, 2.24) is 4.98 Å². The summed E-state index contributed by atoms with van der Waals surface area (Å²) in [6.07, 6.45) is 1.60.